The van der Waals surface area contributed by atoms with Crippen molar-refractivity contribution >= 4 is 11.8 Å². The van der Waals surface area contributed by atoms with Crippen LogP contribution in [-0.4, -0.2) is 48.3 Å². The minimum atomic E-state index is -0.353. The van der Waals surface area contributed by atoms with Crippen LogP contribution in [0.25, 0.3) is 0 Å². The van der Waals surface area contributed by atoms with E-state index in [1.165, 1.54) is 4.90 Å². The molecule has 0 saturated carbocycles. The zero-order chi connectivity index (χ0) is 16.9. The van der Waals surface area contributed by atoms with Crippen molar-refractivity contribution < 1.29 is 9.59 Å². The van der Waals surface area contributed by atoms with E-state index in [-0.39, 0.29) is 23.8 Å². The largest absolute Gasteiger partial charge is 0.342 e. The number of piperidine rings is 1. The van der Waals surface area contributed by atoms with E-state index >= 15 is 0 Å². The molecular formula is C17H29N3O2. The molecule has 1 aliphatic rings. The number of carbonyl (C=O) groups excluding carboxylic acids is 2. The molecule has 1 saturated heterocycles. The highest BCUT2D eigenvalue weighted by atomic mass is 16.2. The predicted molar refractivity (Wildman–Crippen MR) is 85.8 cm³/mol. The number of nitriles is 1. The zero-order valence-corrected chi connectivity index (χ0v) is 14.6. The lowest BCUT2D eigenvalue weighted by Crippen LogP contribution is -2.48. The van der Waals surface area contributed by atoms with E-state index < -0.39 is 0 Å². The maximum absolute atomic E-state index is 12.4. The van der Waals surface area contributed by atoms with Crippen LogP contribution in [0.15, 0.2) is 0 Å². The number of amides is 2. The summed E-state index contributed by atoms with van der Waals surface area (Å²) in [6, 6.07) is 2.00. The highest BCUT2D eigenvalue weighted by Gasteiger charge is 2.35. The van der Waals surface area contributed by atoms with Gasteiger partial charge in [-0.05, 0) is 18.3 Å². The smallest absolute Gasteiger partial charge is 0.227 e. The van der Waals surface area contributed by atoms with Crippen molar-refractivity contribution in [1.29, 1.82) is 5.26 Å². The van der Waals surface area contributed by atoms with Gasteiger partial charge in [-0.15, -0.1) is 0 Å². The third-order valence-corrected chi connectivity index (χ3v) is 4.52. The number of hydrogen-bond acceptors (Lipinski definition) is 3. The summed E-state index contributed by atoms with van der Waals surface area (Å²) in [6.45, 7) is 9.57. The fraction of sp³-hybridized carbons (Fsp3) is 0.824. The number of carbonyl (C=O) groups is 2. The highest BCUT2D eigenvalue weighted by molar-refractivity contribution is 5.81. The van der Waals surface area contributed by atoms with Gasteiger partial charge in [0.25, 0.3) is 0 Å². The Kier molecular flexibility index (Phi) is 6.40. The van der Waals surface area contributed by atoms with Crippen LogP contribution in [0.2, 0.25) is 0 Å². The summed E-state index contributed by atoms with van der Waals surface area (Å²) < 4.78 is 0. The highest BCUT2D eigenvalue weighted by Crippen LogP contribution is 2.31. The predicted octanol–water partition coefficient (Wildman–Crippen LogP) is 2.28. The van der Waals surface area contributed by atoms with Gasteiger partial charge in [0.05, 0.1) is 6.07 Å². The van der Waals surface area contributed by atoms with Gasteiger partial charge in [0.15, 0.2) is 0 Å². The molecule has 124 valence electrons. The molecule has 0 bridgehead atoms. The fourth-order valence-corrected chi connectivity index (χ4v) is 3.05. The molecule has 1 aliphatic heterocycles. The van der Waals surface area contributed by atoms with Gasteiger partial charge < -0.3 is 9.80 Å². The van der Waals surface area contributed by atoms with Crippen LogP contribution in [0.4, 0.5) is 0 Å². The topological polar surface area (TPSA) is 64.4 Å². The van der Waals surface area contributed by atoms with Gasteiger partial charge in [-0.25, -0.2) is 0 Å². The number of rotatable bonds is 4. The molecule has 1 heterocycles. The van der Waals surface area contributed by atoms with Crippen molar-refractivity contribution in [3.8, 4) is 6.07 Å². The summed E-state index contributed by atoms with van der Waals surface area (Å²) in [5.41, 5.74) is -0.353. The molecular weight excluding hydrogens is 278 g/mol. The van der Waals surface area contributed by atoms with Gasteiger partial charge in [-0.2, -0.15) is 5.26 Å². The maximum Gasteiger partial charge on any atom is 0.227 e. The lowest BCUT2D eigenvalue weighted by Gasteiger charge is -2.40. The molecule has 1 rings (SSSR count). The molecule has 2 amide bonds. The zero-order valence-electron chi connectivity index (χ0n) is 14.6. The molecule has 5 nitrogen and oxygen atoms in total. The molecule has 0 aromatic rings. The molecule has 1 fully saturated rings. The van der Waals surface area contributed by atoms with E-state index in [9.17, 15) is 9.59 Å². The number of nitrogens with zero attached hydrogens (tertiary/aromatic N) is 3. The van der Waals surface area contributed by atoms with Crippen molar-refractivity contribution in [1.82, 2.24) is 9.80 Å². The number of likely N-dealkylation sites (tertiary alicyclic amines) is 1. The third kappa shape index (κ3) is 4.72. The van der Waals surface area contributed by atoms with E-state index in [4.69, 9.17) is 5.26 Å². The molecule has 5 heteroatoms. The van der Waals surface area contributed by atoms with Crippen molar-refractivity contribution in [3.05, 3.63) is 0 Å². The first kappa shape index (κ1) is 18.5. The van der Waals surface area contributed by atoms with E-state index in [0.29, 0.717) is 18.3 Å². The lowest BCUT2D eigenvalue weighted by molar-refractivity contribution is -0.142. The fourth-order valence-electron chi connectivity index (χ4n) is 3.05. The Balaban J connectivity index is 2.66. The standard InChI is InChI=1S/C17H29N3O2/c1-6-13-12-20(16(22)17(2,3)4)9-7-14(13)11-15(21)19(5)10-8-18/h13-14H,6-7,9-12H2,1-5H3. The molecule has 2 atom stereocenters. The molecule has 0 aromatic carbocycles. The first-order valence-corrected chi connectivity index (χ1v) is 8.11. The van der Waals surface area contributed by atoms with Crippen molar-refractivity contribution in [3.63, 3.8) is 0 Å². The van der Waals surface area contributed by atoms with Gasteiger partial charge in [0.1, 0.15) is 6.54 Å². The summed E-state index contributed by atoms with van der Waals surface area (Å²) in [5.74, 6) is 0.889. The molecule has 22 heavy (non-hydrogen) atoms. The summed E-state index contributed by atoms with van der Waals surface area (Å²) in [6.07, 6.45) is 2.31. The summed E-state index contributed by atoms with van der Waals surface area (Å²) in [5, 5.41) is 8.67. The second kappa shape index (κ2) is 7.62. The van der Waals surface area contributed by atoms with Crippen LogP contribution in [0.5, 0.6) is 0 Å². The van der Waals surface area contributed by atoms with E-state index in [1.807, 2.05) is 31.7 Å². The third-order valence-electron chi connectivity index (χ3n) is 4.52. The monoisotopic (exact) mass is 307 g/mol. The van der Waals surface area contributed by atoms with Crippen LogP contribution < -0.4 is 0 Å². The van der Waals surface area contributed by atoms with Crippen molar-refractivity contribution in [2.45, 2.75) is 47.0 Å². The maximum atomic E-state index is 12.4. The van der Waals surface area contributed by atoms with Crippen LogP contribution in [0.3, 0.4) is 0 Å². The molecule has 2 unspecified atom stereocenters. The van der Waals surface area contributed by atoms with Crippen LogP contribution >= 0.6 is 0 Å². The summed E-state index contributed by atoms with van der Waals surface area (Å²) >= 11 is 0. The average molecular weight is 307 g/mol. The Bertz CT molecular complexity index is 448. The summed E-state index contributed by atoms with van der Waals surface area (Å²) in [7, 11) is 1.67. The Morgan fingerprint density at radius 3 is 2.45 bits per heavy atom. The Labute approximate surface area is 134 Å². The van der Waals surface area contributed by atoms with Crippen molar-refractivity contribution in [2.24, 2.45) is 17.3 Å². The SMILES string of the molecule is CCC1CN(C(=O)C(C)(C)C)CCC1CC(=O)N(C)CC#N. The van der Waals surface area contributed by atoms with Gasteiger partial charge >= 0.3 is 0 Å². The Morgan fingerprint density at radius 1 is 1.32 bits per heavy atom. The second-order valence-electron chi connectivity index (χ2n) is 7.33. The lowest BCUT2D eigenvalue weighted by atomic mass is 9.80. The Morgan fingerprint density at radius 2 is 1.95 bits per heavy atom. The van der Waals surface area contributed by atoms with E-state index in [2.05, 4.69) is 6.92 Å². The first-order chi connectivity index (χ1) is 10.2. The molecule has 0 radical (unpaired) electrons. The second-order valence-corrected chi connectivity index (χ2v) is 7.33. The van der Waals surface area contributed by atoms with Crippen LogP contribution in [-0.2, 0) is 9.59 Å². The van der Waals surface area contributed by atoms with Gasteiger partial charge in [0.2, 0.25) is 11.8 Å². The minimum absolute atomic E-state index is 0.0283. The quantitative estimate of drug-likeness (QED) is 0.748. The Hall–Kier alpha value is -1.57. The first-order valence-electron chi connectivity index (χ1n) is 8.11. The van der Waals surface area contributed by atoms with Gasteiger partial charge in [-0.1, -0.05) is 34.1 Å². The molecule has 0 aliphatic carbocycles. The van der Waals surface area contributed by atoms with Gasteiger partial charge in [-0.3, -0.25) is 9.59 Å². The summed E-state index contributed by atoms with van der Waals surface area (Å²) in [4.78, 5) is 28.0. The minimum Gasteiger partial charge on any atom is -0.342 e. The molecule has 0 aromatic heterocycles. The number of hydrogen-bond donors (Lipinski definition) is 0. The van der Waals surface area contributed by atoms with Crippen molar-refractivity contribution in [2.75, 3.05) is 26.7 Å². The normalized spacial score (nSPS) is 22.1. The van der Waals surface area contributed by atoms with E-state index in [0.717, 1.165) is 25.9 Å². The van der Waals surface area contributed by atoms with Crippen LogP contribution in [0.1, 0.15) is 47.0 Å². The average Bonchev–Trinajstić information content (AvgIpc) is 2.46. The van der Waals surface area contributed by atoms with E-state index in [1.54, 1.807) is 7.05 Å². The molecule has 0 spiro atoms. The van der Waals surface area contributed by atoms with Gasteiger partial charge in [0, 0.05) is 32.0 Å². The molecule has 0 N–H and O–H groups in total. The van der Waals surface area contributed by atoms with Crippen LogP contribution in [0, 0.1) is 28.6 Å².